The van der Waals surface area contributed by atoms with Crippen molar-refractivity contribution in [1.82, 2.24) is 0 Å². The zero-order chi connectivity index (χ0) is 11.2. The van der Waals surface area contributed by atoms with Gasteiger partial charge in [0.15, 0.2) is 6.29 Å². The molecule has 0 amide bonds. The van der Waals surface area contributed by atoms with E-state index in [0.29, 0.717) is 11.0 Å². The minimum Gasteiger partial charge on any atom is -0.507 e. The molecule has 2 bridgehead atoms. The van der Waals surface area contributed by atoms with Gasteiger partial charge in [0.1, 0.15) is 5.75 Å². The maximum Gasteiger partial charge on any atom is 0.153 e. The van der Waals surface area contributed by atoms with Gasteiger partial charge in [-0.2, -0.15) is 0 Å². The molecular weight excluding hydrogens is 200 g/mol. The molecule has 0 saturated heterocycles. The van der Waals surface area contributed by atoms with Gasteiger partial charge in [-0.05, 0) is 61.1 Å². The van der Waals surface area contributed by atoms with E-state index in [9.17, 15) is 9.90 Å². The van der Waals surface area contributed by atoms with Crippen LogP contribution in [0.1, 0.15) is 48.0 Å². The fraction of sp³-hybridized carbons (Fsp3) is 0.500. The van der Waals surface area contributed by atoms with E-state index in [1.54, 1.807) is 6.07 Å². The quantitative estimate of drug-likeness (QED) is 0.771. The number of phenolic OH excluding ortho intramolecular Hbond substituents is 1. The standard InChI is InChI=1S/C14H16O2/c15-9-11-7-12(1-2-13(11)16)14-5-3-10(8-14)4-6-14/h1-2,7,9-10,16H,3-6,8H2. The van der Waals surface area contributed by atoms with E-state index in [4.69, 9.17) is 0 Å². The van der Waals surface area contributed by atoms with Crippen molar-refractivity contribution >= 4 is 6.29 Å². The van der Waals surface area contributed by atoms with Gasteiger partial charge in [0.25, 0.3) is 0 Å². The smallest absolute Gasteiger partial charge is 0.153 e. The monoisotopic (exact) mass is 216 g/mol. The first-order chi connectivity index (χ1) is 7.73. The van der Waals surface area contributed by atoms with Crippen LogP contribution in [-0.4, -0.2) is 11.4 Å². The van der Waals surface area contributed by atoms with Gasteiger partial charge < -0.3 is 5.11 Å². The summed E-state index contributed by atoms with van der Waals surface area (Å²) in [4.78, 5) is 10.8. The topological polar surface area (TPSA) is 37.3 Å². The van der Waals surface area contributed by atoms with Crippen molar-refractivity contribution in [1.29, 1.82) is 0 Å². The van der Waals surface area contributed by atoms with Crippen LogP contribution in [0.2, 0.25) is 0 Å². The lowest BCUT2D eigenvalue weighted by Crippen LogP contribution is -2.19. The lowest BCUT2D eigenvalue weighted by molar-refractivity contribution is 0.112. The average Bonchev–Trinajstić information content (AvgIpc) is 2.90. The van der Waals surface area contributed by atoms with Crippen LogP contribution in [-0.2, 0) is 5.41 Å². The molecule has 84 valence electrons. The highest BCUT2D eigenvalue weighted by Crippen LogP contribution is 2.55. The van der Waals surface area contributed by atoms with Crippen molar-refractivity contribution in [2.24, 2.45) is 5.92 Å². The number of phenols is 1. The Morgan fingerprint density at radius 3 is 2.62 bits per heavy atom. The summed E-state index contributed by atoms with van der Waals surface area (Å²) in [7, 11) is 0. The highest BCUT2D eigenvalue weighted by Gasteiger charge is 2.45. The molecule has 0 aromatic heterocycles. The number of carbonyl (C=O) groups is 1. The van der Waals surface area contributed by atoms with E-state index in [-0.39, 0.29) is 5.75 Å². The van der Waals surface area contributed by atoms with Crippen molar-refractivity contribution in [2.75, 3.05) is 0 Å². The number of rotatable bonds is 2. The molecule has 2 heteroatoms. The molecule has 3 rings (SSSR count). The van der Waals surface area contributed by atoms with Crippen LogP contribution in [0.3, 0.4) is 0 Å². The number of aldehydes is 1. The van der Waals surface area contributed by atoms with Crippen LogP contribution in [0, 0.1) is 5.92 Å². The lowest BCUT2D eigenvalue weighted by Gasteiger charge is -2.27. The molecule has 1 aromatic carbocycles. The number of aromatic hydroxyl groups is 1. The molecule has 2 fully saturated rings. The van der Waals surface area contributed by atoms with Gasteiger partial charge in [0.05, 0.1) is 5.56 Å². The maximum absolute atomic E-state index is 10.8. The van der Waals surface area contributed by atoms with Gasteiger partial charge in [0, 0.05) is 0 Å². The number of fused-ring (bicyclic) bond motifs is 2. The minimum absolute atomic E-state index is 0.0997. The minimum atomic E-state index is 0.0997. The Kier molecular flexibility index (Phi) is 2.06. The van der Waals surface area contributed by atoms with E-state index < -0.39 is 0 Å². The lowest BCUT2D eigenvalue weighted by atomic mass is 9.77. The Balaban J connectivity index is 2.03. The van der Waals surface area contributed by atoms with Gasteiger partial charge >= 0.3 is 0 Å². The molecule has 0 unspecified atom stereocenters. The van der Waals surface area contributed by atoms with Crippen molar-refractivity contribution in [3.8, 4) is 5.75 Å². The Hall–Kier alpha value is -1.31. The van der Waals surface area contributed by atoms with Gasteiger partial charge in [-0.15, -0.1) is 0 Å². The summed E-state index contributed by atoms with van der Waals surface area (Å²) in [5.74, 6) is 0.996. The molecular formula is C14H16O2. The summed E-state index contributed by atoms with van der Waals surface area (Å²) in [5.41, 5.74) is 2.01. The molecule has 2 aliphatic carbocycles. The first-order valence-corrected chi connectivity index (χ1v) is 6.02. The van der Waals surface area contributed by atoms with Crippen molar-refractivity contribution in [2.45, 2.75) is 37.5 Å². The van der Waals surface area contributed by atoms with Gasteiger partial charge in [-0.3, -0.25) is 4.79 Å². The predicted molar refractivity (Wildman–Crippen MR) is 61.7 cm³/mol. The molecule has 0 aliphatic heterocycles. The second-order valence-corrected chi connectivity index (χ2v) is 5.32. The van der Waals surface area contributed by atoms with E-state index in [1.807, 2.05) is 12.1 Å². The zero-order valence-corrected chi connectivity index (χ0v) is 9.28. The summed E-state index contributed by atoms with van der Waals surface area (Å²) in [6.45, 7) is 0. The Morgan fingerprint density at radius 1 is 1.31 bits per heavy atom. The van der Waals surface area contributed by atoms with Crippen molar-refractivity contribution in [3.63, 3.8) is 0 Å². The summed E-state index contributed by atoms with van der Waals surface area (Å²) in [6.07, 6.45) is 7.18. The van der Waals surface area contributed by atoms with E-state index in [1.165, 1.54) is 37.7 Å². The van der Waals surface area contributed by atoms with E-state index in [2.05, 4.69) is 0 Å². The molecule has 1 aromatic rings. The number of hydrogen-bond acceptors (Lipinski definition) is 2. The summed E-state index contributed by atoms with van der Waals surface area (Å²) in [6, 6.07) is 5.55. The van der Waals surface area contributed by atoms with Gasteiger partial charge in [-0.25, -0.2) is 0 Å². The molecule has 0 radical (unpaired) electrons. The summed E-state index contributed by atoms with van der Waals surface area (Å²) >= 11 is 0. The van der Waals surface area contributed by atoms with Crippen molar-refractivity contribution < 1.29 is 9.90 Å². The van der Waals surface area contributed by atoms with Crippen LogP contribution < -0.4 is 0 Å². The van der Waals surface area contributed by atoms with Crippen LogP contribution in [0.4, 0.5) is 0 Å². The Labute approximate surface area is 95.3 Å². The molecule has 2 nitrogen and oxygen atoms in total. The molecule has 16 heavy (non-hydrogen) atoms. The third kappa shape index (κ3) is 1.29. The fourth-order valence-electron chi connectivity index (χ4n) is 3.58. The third-order valence-corrected chi connectivity index (χ3v) is 4.51. The fourth-order valence-corrected chi connectivity index (χ4v) is 3.58. The average molecular weight is 216 g/mol. The second-order valence-electron chi connectivity index (χ2n) is 5.32. The molecule has 2 aliphatic rings. The van der Waals surface area contributed by atoms with Crippen LogP contribution in [0.15, 0.2) is 18.2 Å². The highest BCUT2D eigenvalue weighted by atomic mass is 16.3. The van der Waals surface area contributed by atoms with E-state index in [0.717, 1.165) is 12.2 Å². The number of benzene rings is 1. The summed E-state index contributed by atoms with van der Waals surface area (Å²) < 4.78 is 0. The number of hydrogen-bond donors (Lipinski definition) is 1. The predicted octanol–water partition coefficient (Wildman–Crippen LogP) is 3.04. The first-order valence-electron chi connectivity index (χ1n) is 6.02. The van der Waals surface area contributed by atoms with E-state index >= 15 is 0 Å². The largest absolute Gasteiger partial charge is 0.507 e. The second kappa shape index (κ2) is 3.34. The molecule has 0 heterocycles. The molecule has 1 N–H and O–H groups in total. The Bertz CT molecular complexity index is 428. The summed E-state index contributed by atoms with van der Waals surface area (Å²) in [5, 5.41) is 9.51. The normalized spacial score (nSPS) is 31.9. The third-order valence-electron chi connectivity index (χ3n) is 4.51. The highest BCUT2D eigenvalue weighted by molar-refractivity contribution is 5.79. The van der Waals surface area contributed by atoms with Gasteiger partial charge in [-0.1, -0.05) is 6.07 Å². The van der Waals surface area contributed by atoms with Crippen LogP contribution >= 0.6 is 0 Å². The van der Waals surface area contributed by atoms with Crippen LogP contribution in [0.25, 0.3) is 0 Å². The number of carbonyl (C=O) groups excluding carboxylic acids is 1. The molecule has 0 spiro atoms. The maximum atomic E-state index is 10.8. The zero-order valence-electron chi connectivity index (χ0n) is 9.28. The molecule has 2 saturated carbocycles. The molecule has 0 atom stereocenters. The Morgan fingerprint density at radius 2 is 2.06 bits per heavy atom. The first kappa shape index (κ1) is 9.88. The SMILES string of the molecule is O=Cc1cc(C23CCC(CC2)C3)ccc1O. The van der Waals surface area contributed by atoms with Gasteiger partial charge in [0.2, 0.25) is 0 Å². The van der Waals surface area contributed by atoms with Crippen LogP contribution in [0.5, 0.6) is 5.75 Å². The van der Waals surface area contributed by atoms with Crippen molar-refractivity contribution in [3.05, 3.63) is 29.3 Å².